The zero-order chi connectivity index (χ0) is 13.5. The van der Waals surface area contributed by atoms with E-state index >= 15 is 0 Å². The maximum atomic E-state index is 10.8. The number of esters is 1. The van der Waals surface area contributed by atoms with E-state index in [4.69, 9.17) is 9.84 Å². The van der Waals surface area contributed by atoms with Gasteiger partial charge in [0.25, 0.3) is 0 Å². The average Bonchev–Trinajstić information content (AvgIpc) is 2.25. The summed E-state index contributed by atoms with van der Waals surface area (Å²) in [5, 5.41) is 7.91. The van der Waals surface area contributed by atoms with Crippen molar-refractivity contribution in [3.8, 4) is 0 Å². The van der Waals surface area contributed by atoms with Crippen molar-refractivity contribution in [3.05, 3.63) is 0 Å². The molecule has 0 bridgehead atoms. The molecule has 0 fully saturated rings. The Balaban J connectivity index is 0. The third-order valence-electron chi connectivity index (χ3n) is 1.93. The predicted molar refractivity (Wildman–Crippen MR) is 67.9 cm³/mol. The average molecular weight is 246 g/mol. The molecule has 0 aromatic heterocycles. The molecule has 0 amide bonds. The molecule has 0 atom stereocenters. The molecule has 102 valence electrons. The normalized spacial score (nSPS) is 9.12. The minimum atomic E-state index is -0.711. The smallest absolute Gasteiger partial charge is 0.305 e. The number of rotatable bonds is 8. The van der Waals surface area contributed by atoms with Gasteiger partial charge in [-0.05, 0) is 19.3 Å². The van der Waals surface area contributed by atoms with Gasteiger partial charge in [0.05, 0.1) is 6.61 Å². The first-order valence-corrected chi connectivity index (χ1v) is 6.45. The van der Waals surface area contributed by atoms with E-state index in [1.807, 2.05) is 13.8 Å². The summed E-state index contributed by atoms with van der Waals surface area (Å²) in [4.78, 5) is 20.4. The van der Waals surface area contributed by atoms with E-state index in [0.29, 0.717) is 19.4 Å². The molecule has 0 saturated carbocycles. The van der Waals surface area contributed by atoms with Crippen LogP contribution in [0.1, 0.15) is 65.7 Å². The van der Waals surface area contributed by atoms with Crippen LogP contribution in [0.15, 0.2) is 0 Å². The maximum Gasteiger partial charge on any atom is 0.305 e. The molecule has 0 aromatic carbocycles. The first-order valence-electron chi connectivity index (χ1n) is 6.45. The van der Waals surface area contributed by atoms with Gasteiger partial charge >= 0.3 is 11.9 Å². The standard InChI is InChI=1S/C9H18O2.C4H8O2/c1-3-5-6-8-11-9(10)7-4-2;1-2-3-4(5)6/h3-8H2,1-2H3;2-3H2,1H3,(H,5,6). The molecule has 4 heteroatoms. The highest BCUT2D eigenvalue weighted by Gasteiger charge is 1.98. The SMILES string of the molecule is CCCC(=O)O.CCCCCOC(=O)CCC. The second kappa shape index (κ2) is 14.9. The van der Waals surface area contributed by atoms with Crippen LogP contribution in [0.5, 0.6) is 0 Å². The van der Waals surface area contributed by atoms with Gasteiger partial charge in [-0.15, -0.1) is 0 Å². The van der Waals surface area contributed by atoms with E-state index in [1.165, 1.54) is 6.42 Å². The van der Waals surface area contributed by atoms with Crippen LogP contribution >= 0.6 is 0 Å². The maximum absolute atomic E-state index is 10.8. The van der Waals surface area contributed by atoms with Crippen LogP contribution in [0.4, 0.5) is 0 Å². The van der Waals surface area contributed by atoms with E-state index in [9.17, 15) is 9.59 Å². The molecular weight excluding hydrogens is 220 g/mol. The lowest BCUT2D eigenvalue weighted by molar-refractivity contribution is -0.143. The van der Waals surface area contributed by atoms with E-state index in [1.54, 1.807) is 0 Å². The van der Waals surface area contributed by atoms with Crippen molar-refractivity contribution >= 4 is 11.9 Å². The molecule has 0 aliphatic heterocycles. The zero-order valence-electron chi connectivity index (χ0n) is 11.3. The topological polar surface area (TPSA) is 63.6 Å². The van der Waals surface area contributed by atoms with Crippen LogP contribution < -0.4 is 0 Å². The van der Waals surface area contributed by atoms with Gasteiger partial charge in [-0.1, -0.05) is 33.6 Å². The quantitative estimate of drug-likeness (QED) is 0.526. The van der Waals surface area contributed by atoms with Crippen molar-refractivity contribution in [3.63, 3.8) is 0 Å². The number of aliphatic carboxylic acids is 1. The lowest BCUT2D eigenvalue weighted by atomic mass is 10.3. The first kappa shape index (κ1) is 18.3. The summed E-state index contributed by atoms with van der Waals surface area (Å²) in [6.07, 6.45) is 5.80. The van der Waals surface area contributed by atoms with E-state index in [-0.39, 0.29) is 5.97 Å². The van der Waals surface area contributed by atoms with E-state index in [0.717, 1.165) is 25.7 Å². The lowest BCUT2D eigenvalue weighted by Gasteiger charge is -2.01. The Bertz CT molecular complexity index is 190. The van der Waals surface area contributed by atoms with Gasteiger partial charge in [0.2, 0.25) is 0 Å². The number of carboxylic acid groups (broad SMARTS) is 1. The van der Waals surface area contributed by atoms with Crippen molar-refractivity contribution in [2.24, 2.45) is 0 Å². The van der Waals surface area contributed by atoms with Crippen molar-refractivity contribution in [1.82, 2.24) is 0 Å². The number of carbonyl (C=O) groups excluding carboxylic acids is 1. The Morgan fingerprint density at radius 1 is 0.941 bits per heavy atom. The molecule has 4 nitrogen and oxygen atoms in total. The second-order valence-electron chi connectivity index (χ2n) is 3.82. The zero-order valence-corrected chi connectivity index (χ0v) is 11.3. The summed E-state index contributed by atoms with van der Waals surface area (Å²) in [5.41, 5.74) is 0. The van der Waals surface area contributed by atoms with Gasteiger partial charge in [0.1, 0.15) is 0 Å². The lowest BCUT2D eigenvalue weighted by Crippen LogP contribution is -2.04. The molecular formula is C13H26O4. The number of carboxylic acids is 1. The fourth-order valence-electron chi connectivity index (χ4n) is 1.03. The van der Waals surface area contributed by atoms with Crippen LogP contribution in [0.2, 0.25) is 0 Å². The monoisotopic (exact) mass is 246 g/mol. The Labute approximate surface area is 104 Å². The molecule has 17 heavy (non-hydrogen) atoms. The number of hydrogen-bond acceptors (Lipinski definition) is 3. The van der Waals surface area contributed by atoms with Gasteiger partial charge in [-0.2, -0.15) is 0 Å². The van der Waals surface area contributed by atoms with Gasteiger partial charge < -0.3 is 9.84 Å². The van der Waals surface area contributed by atoms with Crippen LogP contribution in [0.3, 0.4) is 0 Å². The second-order valence-corrected chi connectivity index (χ2v) is 3.82. The summed E-state index contributed by atoms with van der Waals surface area (Å²) in [6, 6.07) is 0. The molecule has 0 saturated heterocycles. The van der Waals surface area contributed by atoms with E-state index < -0.39 is 5.97 Å². The van der Waals surface area contributed by atoms with Crippen molar-refractivity contribution in [1.29, 1.82) is 0 Å². The summed E-state index contributed by atoms with van der Waals surface area (Å²) in [5.74, 6) is -0.763. The fourth-order valence-corrected chi connectivity index (χ4v) is 1.03. The largest absolute Gasteiger partial charge is 0.481 e. The van der Waals surface area contributed by atoms with Crippen LogP contribution in [-0.2, 0) is 14.3 Å². The molecule has 0 rings (SSSR count). The molecule has 0 heterocycles. The third-order valence-corrected chi connectivity index (χ3v) is 1.93. The summed E-state index contributed by atoms with van der Waals surface area (Å²) >= 11 is 0. The first-order chi connectivity index (χ1) is 8.08. The van der Waals surface area contributed by atoms with Crippen molar-refractivity contribution < 1.29 is 19.4 Å². The Morgan fingerprint density at radius 2 is 1.53 bits per heavy atom. The minimum absolute atomic E-state index is 0.0522. The van der Waals surface area contributed by atoms with Gasteiger partial charge in [0, 0.05) is 12.8 Å². The molecule has 0 aliphatic carbocycles. The molecule has 0 radical (unpaired) electrons. The van der Waals surface area contributed by atoms with E-state index in [2.05, 4.69) is 6.92 Å². The molecule has 0 aliphatic rings. The number of hydrogen-bond donors (Lipinski definition) is 1. The van der Waals surface area contributed by atoms with Gasteiger partial charge in [-0.25, -0.2) is 0 Å². The van der Waals surface area contributed by atoms with Crippen LogP contribution in [0.25, 0.3) is 0 Å². The summed E-state index contributed by atoms with van der Waals surface area (Å²) < 4.78 is 4.95. The Kier molecular flexibility index (Phi) is 16.1. The van der Waals surface area contributed by atoms with Gasteiger partial charge in [-0.3, -0.25) is 9.59 Å². The molecule has 0 aromatic rings. The van der Waals surface area contributed by atoms with Crippen LogP contribution in [-0.4, -0.2) is 23.7 Å². The number of unbranched alkanes of at least 4 members (excludes halogenated alkanes) is 2. The highest BCUT2D eigenvalue weighted by molar-refractivity contribution is 5.69. The Morgan fingerprint density at radius 3 is 1.88 bits per heavy atom. The third kappa shape index (κ3) is 20.9. The summed E-state index contributed by atoms with van der Waals surface area (Å²) in [6.45, 7) is 6.56. The molecule has 0 spiro atoms. The minimum Gasteiger partial charge on any atom is -0.481 e. The highest BCUT2D eigenvalue weighted by atomic mass is 16.5. The predicted octanol–water partition coefficient (Wildman–Crippen LogP) is 3.39. The van der Waals surface area contributed by atoms with Gasteiger partial charge in [0.15, 0.2) is 0 Å². The van der Waals surface area contributed by atoms with Crippen molar-refractivity contribution in [2.45, 2.75) is 65.7 Å². The Hall–Kier alpha value is -1.06. The van der Waals surface area contributed by atoms with Crippen molar-refractivity contribution in [2.75, 3.05) is 6.61 Å². The number of ether oxygens (including phenoxy) is 1. The summed E-state index contributed by atoms with van der Waals surface area (Å²) in [7, 11) is 0. The molecule has 1 N–H and O–H groups in total. The highest BCUT2D eigenvalue weighted by Crippen LogP contribution is 1.96. The fraction of sp³-hybridized carbons (Fsp3) is 0.846. The molecule has 0 unspecified atom stereocenters. The van der Waals surface area contributed by atoms with Crippen LogP contribution in [0, 0.1) is 0 Å². The number of carbonyl (C=O) groups is 2.